The van der Waals surface area contributed by atoms with Crippen LogP contribution in [0.1, 0.15) is 16.8 Å². The van der Waals surface area contributed by atoms with E-state index in [1.165, 1.54) is 24.3 Å². The fraction of sp³-hybridized carbons (Fsp3) is 0.0714. The summed E-state index contributed by atoms with van der Waals surface area (Å²) >= 11 is 0. The van der Waals surface area contributed by atoms with Crippen molar-refractivity contribution in [2.24, 2.45) is 0 Å². The van der Waals surface area contributed by atoms with Crippen molar-refractivity contribution >= 4 is 0 Å². The highest BCUT2D eigenvalue weighted by Crippen LogP contribution is 2.31. The first-order valence-corrected chi connectivity index (χ1v) is 5.60. The molecule has 1 aromatic carbocycles. The van der Waals surface area contributed by atoms with E-state index in [2.05, 4.69) is 4.98 Å². The van der Waals surface area contributed by atoms with E-state index < -0.39 is 17.8 Å². The minimum atomic E-state index is -4.63. The fourth-order valence-corrected chi connectivity index (χ4v) is 1.47. The summed E-state index contributed by atoms with van der Waals surface area (Å²) in [6.07, 6.45) is -4.63. The Morgan fingerprint density at radius 1 is 0.952 bits per heavy atom. The largest absolute Gasteiger partial charge is 0.438 e. The molecule has 2 aromatic rings. The third kappa shape index (κ3) is 3.28. The number of halogens is 3. The SMILES string of the molecule is N#Cc1ccc(Oc2nc(C(F)(F)F)ccc2C#N)cc1. The standard InChI is InChI=1S/C14H6F3N3O/c15-14(16,17)12-6-3-10(8-19)13(20-12)21-11-4-1-9(7-18)2-5-11/h1-6H. The van der Waals surface area contributed by atoms with Crippen LogP contribution < -0.4 is 4.74 Å². The Labute approximate surface area is 117 Å². The number of aromatic nitrogens is 1. The van der Waals surface area contributed by atoms with Crippen LogP contribution >= 0.6 is 0 Å². The lowest BCUT2D eigenvalue weighted by atomic mass is 10.2. The molecule has 0 atom stereocenters. The molecule has 1 aromatic heterocycles. The predicted molar refractivity (Wildman–Crippen MR) is 65.2 cm³/mol. The van der Waals surface area contributed by atoms with Crippen molar-refractivity contribution in [2.45, 2.75) is 6.18 Å². The van der Waals surface area contributed by atoms with Gasteiger partial charge in [0.25, 0.3) is 0 Å². The summed E-state index contributed by atoms with van der Waals surface area (Å²) in [7, 11) is 0. The maximum Gasteiger partial charge on any atom is 0.433 e. The minimum Gasteiger partial charge on any atom is -0.438 e. The molecule has 0 aliphatic rings. The van der Waals surface area contributed by atoms with Crippen molar-refractivity contribution in [3.8, 4) is 23.8 Å². The van der Waals surface area contributed by atoms with Gasteiger partial charge in [-0.05, 0) is 36.4 Å². The van der Waals surface area contributed by atoms with E-state index in [1.54, 1.807) is 6.07 Å². The quantitative estimate of drug-likeness (QED) is 0.846. The molecule has 104 valence electrons. The number of pyridine rings is 1. The molecular weight excluding hydrogens is 283 g/mol. The molecule has 0 spiro atoms. The third-order valence-electron chi connectivity index (χ3n) is 2.47. The highest BCUT2D eigenvalue weighted by atomic mass is 19.4. The Hall–Kier alpha value is -3.06. The zero-order chi connectivity index (χ0) is 15.5. The molecule has 0 aliphatic heterocycles. The first kappa shape index (κ1) is 14.4. The van der Waals surface area contributed by atoms with Crippen LogP contribution in [-0.2, 0) is 6.18 Å². The number of nitriles is 2. The van der Waals surface area contributed by atoms with Crippen molar-refractivity contribution in [1.82, 2.24) is 4.98 Å². The molecule has 0 fully saturated rings. The van der Waals surface area contributed by atoms with Crippen LogP contribution in [0.3, 0.4) is 0 Å². The number of rotatable bonds is 2. The van der Waals surface area contributed by atoms with Gasteiger partial charge in [0.1, 0.15) is 23.1 Å². The van der Waals surface area contributed by atoms with Gasteiger partial charge in [0.05, 0.1) is 11.6 Å². The van der Waals surface area contributed by atoms with Crippen LogP contribution in [0.4, 0.5) is 13.2 Å². The Balaban J connectivity index is 2.37. The second kappa shape index (κ2) is 5.51. The van der Waals surface area contributed by atoms with Crippen LogP contribution in [0.25, 0.3) is 0 Å². The van der Waals surface area contributed by atoms with E-state index in [1.807, 2.05) is 6.07 Å². The monoisotopic (exact) mass is 289 g/mol. The van der Waals surface area contributed by atoms with Gasteiger partial charge in [-0.2, -0.15) is 23.7 Å². The lowest BCUT2D eigenvalue weighted by Gasteiger charge is -2.10. The molecule has 21 heavy (non-hydrogen) atoms. The molecule has 0 unspecified atom stereocenters. The highest BCUT2D eigenvalue weighted by Gasteiger charge is 2.33. The maximum absolute atomic E-state index is 12.6. The number of ether oxygens (including phenoxy) is 1. The molecule has 0 radical (unpaired) electrons. The smallest absolute Gasteiger partial charge is 0.433 e. The molecule has 1 heterocycles. The van der Waals surface area contributed by atoms with Gasteiger partial charge in [-0.25, -0.2) is 4.98 Å². The summed E-state index contributed by atoms with van der Waals surface area (Å²) in [5, 5.41) is 17.5. The Kier molecular flexibility index (Phi) is 3.77. The van der Waals surface area contributed by atoms with Gasteiger partial charge < -0.3 is 4.74 Å². The fourth-order valence-electron chi connectivity index (χ4n) is 1.47. The molecule has 0 saturated heterocycles. The predicted octanol–water partition coefficient (Wildman–Crippen LogP) is 3.64. The molecule has 0 N–H and O–H groups in total. The van der Waals surface area contributed by atoms with Crippen LogP contribution in [0.2, 0.25) is 0 Å². The first-order valence-electron chi connectivity index (χ1n) is 5.60. The van der Waals surface area contributed by atoms with Crippen LogP contribution in [0.15, 0.2) is 36.4 Å². The summed E-state index contributed by atoms with van der Waals surface area (Å²) in [5.41, 5.74) is -0.891. The zero-order valence-corrected chi connectivity index (χ0v) is 10.3. The third-order valence-corrected chi connectivity index (χ3v) is 2.47. The van der Waals surface area contributed by atoms with Gasteiger partial charge in [0, 0.05) is 0 Å². The van der Waals surface area contributed by atoms with Crippen molar-refractivity contribution in [3.63, 3.8) is 0 Å². The maximum atomic E-state index is 12.6. The average molecular weight is 289 g/mol. The molecule has 0 aliphatic carbocycles. The van der Waals surface area contributed by atoms with E-state index in [0.717, 1.165) is 6.07 Å². The Morgan fingerprint density at radius 2 is 1.62 bits per heavy atom. The van der Waals surface area contributed by atoms with Crippen LogP contribution in [0, 0.1) is 22.7 Å². The van der Waals surface area contributed by atoms with Crippen LogP contribution in [-0.4, -0.2) is 4.98 Å². The lowest BCUT2D eigenvalue weighted by Crippen LogP contribution is -2.09. The second-order valence-electron chi connectivity index (χ2n) is 3.90. The van der Waals surface area contributed by atoms with Gasteiger partial charge in [-0.15, -0.1) is 0 Å². The van der Waals surface area contributed by atoms with Crippen molar-refractivity contribution in [3.05, 3.63) is 53.2 Å². The van der Waals surface area contributed by atoms with Gasteiger partial charge in [-0.1, -0.05) is 0 Å². The highest BCUT2D eigenvalue weighted by molar-refractivity contribution is 5.43. The van der Waals surface area contributed by atoms with Gasteiger partial charge >= 0.3 is 6.18 Å². The van der Waals surface area contributed by atoms with Crippen molar-refractivity contribution in [1.29, 1.82) is 10.5 Å². The van der Waals surface area contributed by atoms with Gasteiger partial charge in [0.15, 0.2) is 0 Å². The van der Waals surface area contributed by atoms with E-state index >= 15 is 0 Å². The molecular formula is C14H6F3N3O. The Morgan fingerprint density at radius 3 is 2.14 bits per heavy atom. The minimum absolute atomic E-state index is 0.118. The number of alkyl halides is 3. The van der Waals surface area contributed by atoms with Crippen molar-refractivity contribution in [2.75, 3.05) is 0 Å². The normalized spacial score (nSPS) is 10.5. The summed E-state index contributed by atoms with van der Waals surface area (Å²) in [6.45, 7) is 0. The number of hydrogen-bond acceptors (Lipinski definition) is 4. The summed E-state index contributed by atoms with van der Waals surface area (Å²) in [6, 6.07) is 11.0. The van der Waals surface area contributed by atoms with E-state index in [-0.39, 0.29) is 11.3 Å². The van der Waals surface area contributed by atoms with E-state index in [4.69, 9.17) is 15.3 Å². The molecule has 0 amide bonds. The Bertz CT molecular complexity index is 740. The van der Waals surface area contributed by atoms with E-state index in [9.17, 15) is 13.2 Å². The summed E-state index contributed by atoms with van der Waals surface area (Å²) < 4.78 is 43.0. The molecule has 7 heteroatoms. The summed E-state index contributed by atoms with van der Waals surface area (Å²) in [4.78, 5) is 3.32. The van der Waals surface area contributed by atoms with Gasteiger partial charge in [0.2, 0.25) is 5.88 Å². The molecule has 2 rings (SSSR count). The molecule has 4 nitrogen and oxygen atoms in total. The van der Waals surface area contributed by atoms with Crippen molar-refractivity contribution < 1.29 is 17.9 Å². The van der Waals surface area contributed by atoms with Gasteiger partial charge in [-0.3, -0.25) is 0 Å². The number of benzene rings is 1. The zero-order valence-electron chi connectivity index (χ0n) is 10.3. The summed E-state index contributed by atoms with van der Waals surface area (Å²) in [5.74, 6) is -0.255. The van der Waals surface area contributed by atoms with E-state index in [0.29, 0.717) is 11.6 Å². The number of hydrogen-bond donors (Lipinski definition) is 0. The second-order valence-corrected chi connectivity index (χ2v) is 3.90. The molecule has 0 saturated carbocycles. The lowest BCUT2D eigenvalue weighted by molar-refractivity contribution is -0.141. The first-order chi connectivity index (χ1) is 9.94. The van der Waals surface area contributed by atoms with Crippen LogP contribution in [0.5, 0.6) is 11.6 Å². The number of nitrogens with zero attached hydrogens (tertiary/aromatic N) is 3. The average Bonchev–Trinajstić information content (AvgIpc) is 2.47. The topological polar surface area (TPSA) is 69.7 Å². The molecule has 0 bridgehead atoms.